The molecule has 1 saturated heterocycles. The van der Waals surface area contributed by atoms with E-state index in [0.717, 1.165) is 42.1 Å². The van der Waals surface area contributed by atoms with Gasteiger partial charge >= 0.3 is 0 Å². The van der Waals surface area contributed by atoms with Gasteiger partial charge in [-0.2, -0.15) is 5.10 Å². The number of thioether (sulfide) groups is 1. The van der Waals surface area contributed by atoms with Crippen LogP contribution in [-0.4, -0.2) is 57.3 Å². The van der Waals surface area contributed by atoms with Gasteiger partial charge in [-0.15, -0.1) is 11.8 Å². The van der Waals surface area contributed by atoms with Gasteiger partial charge in [0.15, 0.2) is 0 Å². The van der Waals surface area contributed by atoms with Crippen LogP contribution in [0.15, 0.2) is 71.9 Å². The molecule has 0 atom stereocenters. The van der Waals surface area contributed by atoms with E-state index >= 15 is 0 Å². The molecule has 160 valence electrons. The van der Waals surface area contributed by atoms with E-state index in [4.69, 9.17) is 0 Å². The van der Waals surface area contributed by atoms with Gasteiger partial charge in [-0.1, -0.05) is 30.3 Å². The predicted molar refractivity (Wildman–Crippen MR) is 122 cm³/mol. The van der Waals surface area contributed by atoms with Crippen molar-refractivity contribution in [3.8, 4) is 5.69 Å². The summed E-state index contributed by atoms with van der Waals surface area (Å²) in [5.74, 6) is 0.438. The number of likely N-dealkylation sites (tertiary alicyclic amines) is 1. The molecule has 1 fully saturated rings. The van der Waals surface area contributed by atoms with Gasteiger partial charge in [0, 0.05) is 43.3 Å². The molecule has 2 aromatic carbocycles. The van der Waals surface area contributed by atoms with Gasteiger partial charge in [0.2, 0.25) is 5.91 Å². The van der Waals surface area contributed by atoms with Crippen molar-refractivity contribution in [2.24, 2.45) is 0 Å². The first-order chi connectivity index (χ1) is 15.1. The Morgan fingerprint density at radius 3 is 2.52 bits per heavy atom. The molecule has 0 unspecified atom stereocenters. The van der Waals surface area contributed by atoms with Crippen LogP contribution in [0, 0.1) is 0 Å². The molecule has 1 aliphatic rings. The molecule has 0 saturated carbocycles. The van der Waals surface area contributed by atoms with Crippen LogP contribution in [0.25, 0.3) is 5.69 Å². The first-order valence-electron chi connectivity index (χ1n) is 10.5. The lowest BCUT2D eigenvalue weighted by Crippen LogP contribution is -2.29. The van der Waals surface area contributed by atoms with E-state index in [0.29, 0.717) is 17.9 Å². The zero-order valence-electron chi connectivity index (χ0n) is 17.6. The summed E-state index contributed by atoms with van der Waals surface area (Å²) in [4.78, 5) is 30.0. The Morgan fingerprint density at radius 1 is 1.03 bits per heavy atom. The molecule has 3 aromatic rings. The smallest absolute Gasteiger partial charge is 0.255 e. The summed E-state index contributed by atoms with van der Waals surface area (Å²) in [5, 5.41) is 4.41. The van der Waals surface area contributed by atoms with E-state index in [9.17, 15) is 9.59 Å². The van der Waals surface area contributed by atoms with Crippen LogP contribution in [0.5, 0.6) is 0 Å². The summed E-state index contributed by atoms with van der Waals surface area (Å²) < 4.78 is 1.81. The number of carbonyl (C=O) groups excluding carboxylic acids is 2. The van der Waals surface area contributed by atoms with Gasteiger partial charge in [-0.05, 0) is 37.1 Å². The van der Waals surface area contributed by atoms with Crippen molar-refractivity contribution in [1.82, 2.24) is 19.6 Å². The topological polar surface area (TPSA) is 58.4 Å². The van der Waals surface area contributed by atoms with Crippen molar-refractivity contribution in [2.45, 2.75) is 24.3 Å². The summed E-state index contributed by atoms with van der Waals surface area (Å²) >= 11 is 1.44. The average molecular weight is 435 g/mol. The maximum Gasteiger partial charge on any atom is 0.255 e. The van der Waals surface area contributed by atoms with Crippen LogP contribution >= 0.6 is 11.8 Å². The second kappa shape index (κ2) is 9.83. The second-order valence-corrected chi connectivity index (χ2v) is 8.68. The van der Waals surface area contributed by atoms with Crippen LogP contribution < -0.4 is 0 Å². The molecule has 0 bridgehead atoms. The van der Waals surface area contributed by atoms with E-state index in [1.807, 2.05) is 65.7 Å². The first-order valence-corrected chi connectivity index (χ1v) is 11.4. The number of aromatic nitrogens is 2. The third-order valence-corrected chi connectivity index (χ3v) is 6.41. The summed E-state index contributed by atoms with van der Waals surface area (Å²) in [6.07, 6.45) is 5.88. The van der Waals surface area contributed by atoms with Gasteiger partial charge in [0.1, 0.15) is 0 Å². The van der Waals surface area contributed by atoms with Crippen LogP contribution in [0.2, 0.25) is 0 Å². The van der Waals surface area contributed by atoms with E-state index in [-0.39, 0.29) is 11.8 Å². The SMILES string of the molecule is CN(Cc1cnn(-c2ccccc2)c1)C(=O)c1ccccc1SCC(=O)N1CCCC1. The Hall–Kier alpha value is -3.06. The van der Waals surface area contributed by atoms with Crippen LogP contribution in [0.1, 0.15) is 28.8 Å². The number of hydrogen-bond acceptors (Lipinski definition) is 4. The molecule has 4 rings (SSSR count). The lowest BCUT2D eigenvalue weighted by molar-refractivity contribution is -0.127. The van der Waals surface area contributed by atoms with Gasteiger partial charge in [0.05, 0.1) is 23.2 Å². The number of para-hydroxylation sites is 1. The first kappa shape index (κ1) is 21.2. The number of amides is 2. The van der Waals surface area contributed by atoms with E-state index < -0.39 is 0 Å². The minimum atomic E-state index is -0.0656. The van der Waals surface area contributed by atoms with E-state index in [2.05, 4.69) is 5.10 Å². The number of nitrogens with zero attached hydrogens (tertiary/aromatic N) is 4. The largest absolute Gasteiger partial charge is 0.342 e. The van der Waals surface area contributed by atoms with Crippen molar-refractivity contribution >= 4 is 23.6 Å². The Bertz CT molecular complexity index is 1040. The zero-order chi connectivity index (χ0) is 21.6. The fourth-order valence-corrected chi connectivity index (χ4v) is 4.63. The van der Waals surface area contributed by atoms with Crippen molar-refractivity contribution < 1.29 is 9.59 Å². The zero-order valence-corrected chi connectivity index (χ0v) is 18.4. The maximum atomic E-state index is 13.1. The summed E-state index contributed by atoms with van der Waals surface area (Å²) in [5.41, 5.74) is 2.56. The van der Waals surface area contributed by atoms with Crippen LogP contribution in [0.3, 0.4) is 0 Å². The number of benzene rings is 2. The molecular formula is C24H26N4O2S. The quantitative estimate of drug-likeness (QED) is 0.530. The van der Waals surface area contributed by atoms with Crippen molar-refractivity contribution in [1.29, 1.82) is 0 Å². The molecule has 2 heterocycles. The Kier molecular flexibility index (Phi) is 6.72. The molecule has 0 N–H and O–H groups in total. The molecule has 6 nitrogen and oxygen atoms in total. The molecule has 7 heteroatoms. The molecule has 1 aliphatic heterocycles. The third-order valence-electron chi connectivity index (χ3n) is 5.35. The average Bonchev–Trinajstić information content (AvgIpc) is 3.50. The summed E-state index contributed by atoms with van der Waals surface area (Å²) in [6.45, 7) is 2.15. The molecular weight excluding hydrogens is 408 g/mol. The molecule has 2 amide bonds. The predicted octanol–water partition coefficient (Wildman–Crippen LogP) is 3.86. The second-order valence-electron chi connectivity index (χ2n) is 7.66. The lowest BCUT2D eigenvalue weighted by Gasteiger charge is -2.19. The number of hydrogen-bond donors (Lipinski definition) is 0. The lowest BCUT2D eigenvalue weighted by atomic mass is 10.2. The minimum Gasteiger partial charge on any atom is -0.342 e. The molecule has 0 aliphatic carbocycles. The molecule has 31 heavy (non-hydrogen) atoms. The fourth-order valence-electron chi connectivity index (χ4n) is 3.68. The Balaban J connectivity index is 1.41. The normalized spacial score (nSPS) is 13.4. The summed E-state index contributed by atoms with van der Waals surface area (Å²) in [7, 11) is 1.79. The molecule has 1 aromatic heterocycles. The molecule has 0 spiro atoms. The minimum absolute atomic E-state index is 0.0656. The summed E-state index contributed by atoms with van der Waals surface area (Å²) in [6, 6.07) is 17.4. The number of rotatable bonds is 7. The van der Waals surface area contributed by atoms with Gasteiger partial charge in [-0.25, -0.2) is 4.68 Å². The fraction of sp³-hybridized carbons (Fsp3) is 0.292. The molecule has 0 radical (unpaired) electrons. The van der Waals surface area contributed by atoms with Gasteiger partial charge < -0.3 is 9.80 Å². The highest BCUT2D eigenvalue weighted by Crippen LogP contribution is 2.25. The van der Waals surface area contributed by atoms with Crippen LogP contribution in [-0.2, 0) is 11.3 Å². The number of carbonyl (C=O) groups is 2. The van der Waals surface area contributed by atoms with E-state index in [1.165, 1.54) is 11.8 Å². The van der Waals surface area contributed by atoms with Crippen molar-refractivity contribution in [2.75, 3.05) is 25.9 Å². The van der Waals surface area contributed by atoms with Crippen molar-refractivity contribution in [3.05, 3.63) is 78.1 Å². The highest BCUT2D eigenvalue weighted by atomic mass is 32.2. The third kappa shape index (κ3) is 5.17. The standard InChI is InChI=1S/C24H26N4O2S/c1-26(16-19-15-25-28(17-19)20-9-3-2-4-10-20)24(30)21-11-5-6-12-22(21)31-18-23(29)27-13-7-8-14-27/h2-6,9-12,15,17H,7-8,13-14,16,18H2,1H3. The highest BCUT2D eigenvalue weighted by molar-refractivity contribution is 8.00. The van der Waals surface area contributed by atoms with Crippen LogP contribution in [0.4, 0.5) is 0 Å². The van der Waals surface area contributed by atoms with Gasteiger partial charge in [0.25, 0.3) is 5.91 Å². The van der Waals surface area contributed by atoms with Crippen molar-refractivity contribution in [3.63, 3.8) is 0 Å². The Morgan fingerprint density at radius 2 is 1.74 bits per heavy atom. The maximum absolute atomic E-state index is 13.1. The van der Waals surface area contributed by atoms with E-state index in [1.54, 1.807) is 22.8 Å². The highest BCUT2D eigenvalue weighted by Gasteiger charge is 2.20. The van der Waals surface area contributed by atoms with Gasteiger partial charge in [-0.3, -0.25) is 9.59 Å². The Labute approximate surface area is 186 Å². The monoisotopic (exact) mass is 434 g/mol.